The van der Waals surface area contributed by atoms with Crippen LogP contribution in [0.25, 0.3) is 0 Å². The van der Waals surface area contributed by atoms with Crippen LogP contribution in [0.5, 0.6) is 0 Å². The SMILES string of the molecule is C[C@@H]1[C@H](OCc2ccccc2)[C@@H](C)C=C[C@@H]1OC(=O)c1ccccc1. The van der Waals surface area contributed by atoms with Crippen LogP contribution in [0.1, 0.15) is 29.8 Å². The highest BCUT2D eigenvalue weighted by molar-refractivity contribution is 5.89. The lowest BCUT2D eigenvalue weighted by molar-refractivity contribution is -0.0587. The zero-order chi connectivity index (χ0) is 17.6. The van der Waals surface area contributed by atoms with E-state index in [9.17, 15) is 4.79 Å². The molecule has 0 radical (unpaired) electrons. The number of benzene rings is 2. The maximum Gasteiger partial charge on any atom is 0.338 e. The Balaban J connectivity index is 1.64. The zero-order valence-electron chi connectivity index (χ0n) is 14.7. The van der Waals surface area contributed by atoms with Crippen LogP contribution in [-0.4, -0.2) is 18.2 Å². The highest BCUT2D eigenvalue weighted by atomic mass is 16.5. The first-order valence-corrected chi connectivity index (χ1v) is 8.75. The van der Waals surface area contributed by atoms with Gasteiger partial charge in [-0.3, -0.25) is 0 Å². The van der Waals surface area contributed by atoms with E-state index < -0.39 is 0 Å². The second kappa shape index (κ2) is 8.13. The van der Waals surface area contributed by atoms with Crippen molar-refractivity contribution in [1.82, 2.24) is 0 Å². The third-order valence-corrected chi connectivity index (χ3v) is 4.70. The van der Waals surface area contributed by atoms with Crippen LogP contribution in [0.3, 0.4) is 0 Å². The molecule has 0 heterocycles. The summed E-state index contributed by atoms with van der Waals surface area (Å²) in [5.74, 6) is 0.0835. The number of carbonyl (C=O) groups is 1. The molecule has 0 amide bonds. The van der Waals surface area contributed by atoms with E-state index in [1.54, 1.807) is 12.1 Å². The van der Waals surface area contributed by atoms with Gasteiger partial charge in [0.1, 0.15) is 6.10 Å². The molecule has 0 fully saturated rings. The number of ether oxygens (including phenoxy) is 2. The average molecular weight is 336 g/mol. The molecular weight excluding hydrogens is 312 g/mol. The lowest BCUT2D eigenvalue weighted by Gasteiger charge is -2.35. The smallest absolute Gasteiger partial charge is 0.338 e. The molecule has 3 heteroatoms. The molecule has 0 saturated heterocycles. The molecule has 3 nitrogen and oxygen atoms in total. The monoisotopic (exact) mass is 336 g/mol. The predicted octanol–water partition coefficient (Wildman–Crippen LogP) is 4.64. The molecule has 0 aromatic heterocycles. The van der Waals surface area contributed by atoms with E-state index in [1.807, 2.05) is 42.5 Å². The third-order valence-electron chi connectivity index (χ3n) is 4.70. The fourth-order valence-corrected chi connectivity index (χ4v) is 3.22. The molecule has 1 aliphatic rings. The van der Waals surface area contributed by atoms with Gasteiger partial charge in [0.25, 0.3) is 0 Å². The summed E-state index contributed by atoms with van der Waals surface area (Å²) in [6.07, 6.45) is 3.81. The van der Waals surface area contributed by atoms with Crippen molar-refractivity contribution >= 4 is 5.97 Å². The molecule has 0 N–H and O–H groups in total. The van der Waals surface area contributed by atoms with Crippen LogP contribution in [-0.2, 0) is 16.1 Å². The number of hydrogen-bond acceptors (Lipinski definition) is 3. The lowest BCUT2D eigenvalue weighted by atomic mass is 9.83. The second-order valence-electron chi connectivity index (χ2n) is 6.60. The summed E-state index contributed by atoms with van der Waals surface area (Å²) >= 11 is 0. The number of esters is 1. The van der Waals surface area contributed by atoms with Crippen molar-refractivity contribution in [3.8, 4) is 0 Å². The third kappa shape index (κ3) is 4.37. The van der Waals surface area contributed by atoms with Gasteiger partial charge in [-0.15, -0.1) is 0 Å². The topological polar surface area (TPSA) is 35.5 Å². The summed E-state index contributed by atoms with van der Waals surface area (Å²) in [6.45, 7) is 4.78. The molecule has 1 aliphatic carbocycles. The van der Waals surface area contributed by atoms with Gasteiger partial charge < -0.3 is 9.47 Å². The van der Waals surface area contributed by atoms with Crippen molar-refractivity contribution in [2.45, 2.75) is 32.7 Å². The van der Waals surface area contributed by atoms with Gasteiger partial charge in [-0.2, -0.15) is 0 Å². The van der Waals surface area contributed by atoms with Crippen molar-refractivity contribution in [3.63, 3.8) is 0 Å². The summed E-state index contributed by atoms with van der Waals surface area (Å²) in [7, 11) is 0. The summed E-state index contributed by atoms with van der Waals surface area (Å²) in [4.78, 5) is 12.3. The molecule has 25 heavy (non-hydrogen) atoms. The fourth-order valence-electron chi connectivity index (χ4n) is 3.22. The van der Waals surface area contributed by atoms with Gasteiger partial charge >= 0.3 is 5.97 Å². The summed E-state index contributed by atoms with van der Waals surface area (Å²) in [6, 6.07) is 19.2. The van der Waals surface area contributed by atoms with Crippen molar-refractivity contribution < 1.29 is 14.3 Å². The Kier molecular flexibility index (Phi) is 5.67. The van der Waals surface area contributed by atoms with Crippen molar-refractivity contribution in [2.75, 3.05) is 0 Å². The zero-order valence-corrected chi connectivity index (χ0v) is 14.7. The molecule has 4 atom stereocenters. The first kappa shape index (κ1) is 17.4. The van der Waals surface area contributed by atoms with Crippen molar-refractivity contribution in [3.05, 3.63) is 83.9 Å². The van der Waals surface area contributed by atoms with Crippen LogP contribution in [0.15, 0.2) is 72.8 Å². The number of carbonyl (C=O) groups excluding carboxylic acids is 1. The van der Waals surface area contributed by atoms with Gasteiger partial charge in [0.05, 0.1) is 18.3 Å². The molecule has 3 rings (SSSR count). The van der Waals surface area contributed by atoms with E-state index in [1.165, 1.54) is 0 Å². The van der Waals surface area contributed by atoms with Crippen LogP contribution in [0.4, 0.5) is 0 Å². The molecule has 0 aliphatic heterocycles. The summed E-state index contributed by atoms with van der Waals surface area (Å²) < 4.78 is 11.9. The van der Waals surface area contributed by atoms with Crippen molar-refractivity contribution in [2.24, 2.45) is 11.8 Å². The molecule has 2 aromatic rings. The minimum Gasteiger partial charge on any atom is -0.454 e. The van der Waals surface area contributed by atoms with Crippen molar-refractivity contribution in [1.29, 1.82) is 0 Å². The molecule has 2 aromatic carbocycles. The Morgan fingerprint density at radius 2 is 1.56 bits per heavy atom. The van der Waals surface area contributed by atoms with Gasteiger partial charge in [-0.25, -0.2) is 4.79 Å². The minimum atomic E-state index is -0.293. The quantitative estimate of drug-likeness (QED) is 0.589. The van der Waals surface area contributed by atoms with E-state index in [0.29, 0.717) is 12.2 Å². The van der Waals surface area contributed by atoms with Gasteiger partial charge in [-0.05, 0) is 23.8 Å². The van der Waals surface area contributed by atoms with E-state index in [2.05, 4.69) is 32.1 Å². The Morgan fingerprint density at radius 1 is 0.920 bits per heavy atom. The normalized spacial score (nSPS) is 25.5. The molecule has 130 valence electrons. The number of hydrogen-bond donors (Lipinski definition) is 0. The fraction of sp³-hybridized carbons (Fsp3) is 0.318. The van der Waals surface area contributed by atoms with Gasteiger partial charge in [0.15, 0.2) is 0 Å². The molecule has 0 spiro atoms. The molecule has 0 bridgehead atoms. The average Bonchev–Trinajstić information content (AvgIpc) is 2.65. The molecule has 0 unspecified atom stereocenters. The lowest BCUT2D eigenvalue weighted by Crippen LogP contribution is -2.40. The van der Waals surface area contributed by atoms with Crippen LogP contribution in [0, 0.1) is 11.8 Å². The van der Waals surface area contributed by atoms with E-state index >= 15 is 0 Å². The van der Waals surface area contributed by atoms with Crippen LogP contribution >= 0.6 is 0 Å². The summed E-state index contributed by atoms with van der Waals surface area (Å²) in [5.41, 5.74) is 1.72. The van der Waals surface area contributed by atoms with E-state index in [4.69, 9.17) is 9.47 Å². The minimum absolute atomic E-state index is 0.0128. The standard InChI is InChI=1S/C22H24O3/c1-16-13-14-20(25-22(23)19-11-7-4-8-12-19)17(2)21(16)24-15-18-9-5-3-6-10-18/h3-14,16-17,20-21H,15H2,1-2H3/t16-,17-,20-,21+/m0/s1. The predicted molar refractivity (Wildman–Crippen MR) is 98.1 cm³/mol. The first-order chi connectivity index (χ1) is 12.1. The van der Waals surface area contributed by atoms with Gasteiger partial charge in [0, 0.05) is 11.8 Å². The highest BCUT2D eigenvalue weighted by Gasteiger charge is 2.34. The highest BCUT2D eigenvalue weighted by Crippen LogP contribution is 2.30. The first-order valence-electron chi connectivity index (χ1n) is 8.75. The Bertz CT molecular complexity index is 709. The van der Waals surface area contributed by atoms with Crippen LogP contribution in [0.2, 0.25) is 0 Å². The Morgan fingerprint density at radius 3 is 2.24 bits per heavy atom. The second-order valence-corrected chi connectivity index (χ2v) is 6.60. The molecular formula is C22H24O3. The van der Waals surface area contributed by atoms with E-state index in [-0.39, 0.29) is 30.0 Å². The Hall–Kier alpha value is -2.39. The van der Waals surface area contributed by atoms with E-state index in [0.717, 1.165) is 5.56 Å². The number of rotatable bonds is 5. The summed E-state index contributed by atoms with van der Waals surface area (Å²) in [5, 5.41) is 0. The largest absolute Gasteiger partial charge is 0.454 e. The Labute approximate surface area is 149 Å². The molecule has 0 saturated carbocycles. The maximum absolute atomic E-state index is 12.3. The maximum atomic E-state index is 12.3. The van der Waals surface area contributed by atoms with Crippen LogP contribution < -0.4 is 0 Å². The van der Waals surface area contributed by atoms with Gasteiger partial charge in [-0.1, -0.05) is 68.5 Å². The van der Waals surface area contributed by atoms with Gasteiger partial charge in [0.2, 0.25) is 0 Å².